The van der Waals surface area contributed by atoms with E-state index in [2.05, 4.69) is 10.6 Å². The summed E-state index contributed by atoms with van der Waals surface area (Å²) in [4.78, 5) is 38.0. The van der Waals surface area contributed by atoms with Crippen molar-refractivity contribution in [2.75, 3.05) is 6.54 Å². The number of pyridine rings is 1. The van der Waals surface area contributed by atoms with E-state index in [4.69, 9.17) is 0 Å². The van der Waals surface area contributed by atoms with Gasteiger partial charge in [-0.05, 0) is 33.1 Å². The molecule has 1 heterocycles. The van der Waals surface area contributed by atoms with Crippen molar-refractivity contribution in [2.45, 2.75) is 84.2 Å². The van der Waals surface area contributed by atoms with Gasteiger partial charge in [0.15, 0.2) is 0 Å². The lowest BCUT2D eigenvalue weighted by molar-refractivity contribution is 0.0928. The molecule has 6 heteroatoms. The molecular formula is C21H33N3O3. The van der Waals surface area contributed by atoms with Crippen LogP contribution in [0.3, 0.4) is 0 Å². The van der Waals surface area contributed by atoms with Crippen molar-refractivity contribution in [2.24, 2.45) is 0 Å². The van der Waals surface area contributed by atoms with Crippen LogP contribution in [-0.4, -0.2) is 29.0 Å². The Bertz CT molecular complexity index is 703. The lowest BCUT2D eigenvalue weighted by atomic mass is 9.96. The second-order valence-electron chi connectivity index (χ2n) is 7.49. The summed E-state index contributed by atoms with van der Waals surface area (Å²) in [6, 6.07) is 0.189. The minimum Gasteiger partial charge on any atom is -0.352 e. The highest BCUT2D eigenvalue weighted by Gasteiger charge is 2.22. The van der Waals surface area contributed by atoms with Gasteiger partial charge in [0.1, 0.15) is 11.1 Å². The van der Waals surface area contributed by atoms with Gasteiger partial charge < -0.3 is 15.2 Å². The number of amides is 2. The number of carbonyl (C=O) groups excluding carboxylic acids is 2. The molecule has 27 heavy (non-hydrogen) atoms. The number of nitrogens with zero attached hydrogens (tertiary/aromatic N) is 1. The van der Waals surface area contributed by atoms with Crippen LogP contribution in [0.4, 0.5) is 0 Å². The van der Waals surface area contributed by atoms with Gasteiger partial charge in [0.05, 0.1) is 0 Å². The molecule has 1 aliphatic carbocycles. The Morgan fingerprint density at radius 2 is 1.59 bits per heavy atom. The Balaban J connectivity index is 2.32. The van der Waals surface area contributed by atoms with E-state index < -0.39 is 11.3 Å². The first-order valence-electron chi connectivity index (χ1n) is 10.3. The summed E-state index contributed by atoms with van der Waals surface area (Å²) in [5.74, 6) is -0.797. The maximum absolute atomic E-state index is 12.9. The third kappa shape index (κ3) is 5.68. The normalized spacial score (nSPS) is 16.9. The van der Waals surface area contributed by atoms with Crippen LogP contribution in [0.5, 0.6) is 0 Å². The third-order valence-corrected chi connectivity index (χ3v) is 5.41. The van der Waals surface area contributed by atoms with Gasteiger partial charge in [-0.2, -0.15) is 0 Å². The lowest BCUT2D eigenvalue weighted by Gasteiger charge is -2.22. The van der Waals surface area contributed by atoms with Gasteiger partial charge in [0, 0.05) is 31.0 Å². The molecule has 0 saturated heterocycles. The van der Waals surface area contributed by atoms with Gasteiger partial charge >= 0.3 is 0 Å². The van der Waals surface area contributed by atoms with Crippen LogP contribution < -0.4 is 16.1 Å². The Kier molecular flexibility index (Phi) is 8.07. The largest absolute Gasteiger partial charge is 0.352 e. The fourth-order valence-corrected chi connectivity index (χ4v) is 3.51. The zero-order valence-corrected chi connectivity index (χ0v) is 16.8. The van der Waals surface area contributed by atoms with E-state index in [-0.39, 0.29) is 29.1 Å². The van der Waals surface area contributed by atoms with Crippen LogP contribution in [0.15, 0.2) is 17.2 Å². The van der Waals surface area contributed by atoms with E-state index in [1.807, 2.05) is 13.8 Å². The van der Waals surface area contributed by atoms with E-state index in [0.29, 0.717) is 6.54 Å². The van der Waals surface area contributed by atoms with Crippen LogP contribution in [-0.2, 0) is 0 Å². The second kappa shape index (κ2) is 10.3. The summed E-state index contributed by atoms with van der Waals surface area (Å²) in [6.07, 6.45) is 11.7. The molecule has 0 unspecified atom stereocenters. The minimum atomic E-state index is -0.496. The Labute approximate surface area is 161 Å². The first-order valence-corrected chi connectivity index (χ1v) is 10.3. The molecule has 6 nitrogen and oxygen atoms in total. The summed E-state index contributed by atoms with van der Waals surface area (Å²) in [5.41, 5.74) is -0.410. The minimum absolute atomic E-state index is 0.0301. The predicted octanol–water partition coefficient (Wildman–Crippen LogP) is 3.41. The zero-order chi connectivity index (χ0) is 19.8. The van der Waals surface area contributed by atoms with Crippen LogP contribution >= 0.6 is 0 Å². The summed E-state index contributed by atoms with van der Waals surface area (Å²) in [6.45, 7) is 6.27. The van der Waals surface area contributed by atoms with Crippen molar-refractivity contribution in [1.82, 2.24) is 15.2 Å². The van der Waals surface area contributed by atoms with Crippen molar-refractivity contribution in [3.63, 3.8) is 0 Å². The number of aromatic nitrogens is 1. The lowest BCUT2D eigenvalue weighted by Crippen LogP contribution is -2.40. The second-order valence-corrected chi connectivity index (χ2v) is 7.49. The average molecular weight is 376 g/mol. The van der Waals surface area contributed by atoms with Gasteiger partial charge in [-0.3, -0.25) is 14.4 Å². The molecule has 0 radical (unpaired) electrons. The van der Waals surface area contributed by atoms with E-state index in [0.717, 1.165) is 32.1 Å². The summed E-state index contributed by atoms with van der Waals surface area (Å²) in [7, 11) is 0. The van der Waals surface area contributed by atoms with Gasteiger partial charge in [-0.1, -0.05) is 39.0 Å². The molecule has 1 atom stereocenters. The fourth-order valence-electron chi connectivity index (χ4n) is 3.51. The number of hydrogen-bond acceptors (Lipinski definition) is 3. The maximum atomic E-state index is 12.9. The van der Waals surface area contributed by atoms with Crippen LogP contribution in [0, 0.1) is 0 Å². The van der Waals surface area contributed by atoms with Crippen LogP contribution in [0.25, 0.3) is 0 Å². The molecule has 0 spiro atoms. The van der Waals surface area contributed by atoms with E-state index in [1.165, 1.54) is 19.3 Å². The topological polar surface area (TPSA) is 80.2 Å². The molecular weight excluding hydrogens is 342 g/mol. The molecule has 0 aromatic carbocycles. The summed E-state index contributed by atoms with van der Waals surface area (Å²) in [5, 5.41) is 5.71. The smallest absolute Gasteiger partial charge is 0.256 e. The molecule has 1 aliphatic rings. The number of nitrogens with one attached hydrogen (secondary N) is 2. The molecule has 2 rings (SSSR count). The fraction of sp³-hybridized carbons (Fsp3) is 0.667. The number of carbonyl (C=O) groups is 2. The van der Waals surface area contributed by atoms with Gasteiger partial charge in [-0.25, -0.2) is 0 Å². The highest BCUT2D eigenvalue weighted by atomic mass is 16.2. The van der Waals surface area contributed by atoms with Gasteiger partial charge in [-0.15, -0.1) is 0 Å². The van der Waals surface area contributed by atoms with Crippen molar-refractivity contribution in [3.8, 4) is 0 Å². The van der Waals surface area contributed by atoms with Gasteiger partial charge in [0.25, 0.3) is 11.8 Å². The third-order valence-electron chi connectivity index (χ3n) is 5.41. The molecule has 2 N–H and O–H groups in total. The number of rotatable bonds is 6. The summed E-state index contributed by atoms with van der Waals surface area (Å²) < 4.78 is 1.80. The first-order chi connectivity index (χ1) is 13.0. The molecule has 0 aliphatic heterocycles. The van der Waals surface area contributed by atoms with Crippen molar-refractivity contribution in [3.05, 3.63) is 33.7 Å². The quantitative estimate of drug-likeness (QED) is 0.799. The van der Waals surface area contributed by atoms with E-state index in [1.54, 1.807) is 23.9 Å². The maximum Gasteiger partial charge on any atom is 0.256 e. The van der Waals surface area contributed by atoms with Crippen LogP contribution in [0.1, 0.15) is 98.9 Å². The Morgan fingerprint density at radius 1 is 1.04 bits per heavy atom. The predicted molar refractivity (Wildman–Crippen MR) is 107 cm³/mol. The highest BCUT2D eigenvalue weighted by Crippen LogP contribution is 2.18. The Hall–Kier alpha value is -2.11. The van der Waals surface area contributed by atoms with Crippen LogP contribution in [0.2, 0.25) is 0 Å². The van der Waals surface area contributed by atoms with Crippen molar-refractivity contribution < 1.29 is 9.59 Å². The van der Waals surface area contributed by atoms with Gasteiger partial charge in [0.2, 0.25) is 5.43 Å². The summed E-state index contributed by atoms with van der Waals surface area (Å²) >= 11 is 0. The highest BCUT2D eigenvalue weighted by molar-refractivity contribution is 5.99. The monoisotopic (exact) mass is 375 g/mol. The molecule has 2 amide bonds. The first kappa shape index (κ1) is 21.2. The zero-order valence-electron chi connectivity index (χ0n) is 16.8. The molecule has 1 saturated carbocycles. The molecule has 1 aromatic rings. The SMILES string of the molecule is CCNC(=O)c1cn([C@@H](C)CC)cc(C(=O)NC2CCCCCCC2)c1=O. The average Bonchev–Trinajstić information content (AvgIpc) is 2.63. The van der Waals surface area contributed by atoms with E-state index in [9.17, 15) is 14.4 Å². The molecule has 1 aromatic heterocycles. The molecule has 150 valence electrons. The Morgan fingerprint density at radius 3 is 2.15 bits per heavy atom. The van der Waals surface area contributed by atoms with Crippen molar-refractivity contribution >= 4 is 11.8 Å². The standard InChI is InChI=1S/C21H33N3O3/c1-4-15(3)24-13-17(20(26)22-5-2)19(25)18(14-24)21(27)23-16-11-9-7-6-8-10-12-16/h13-16H,4-12H2,1-3H3,(H,22,26)(H,23,27)/t15-/m0/s1. The van der Waals surface area contributed by atoms with E-state index >= 15 is 0 Å². The van der Waals surface area contributed by atoms with Crippen molar-refractivity contribution in [1.29, 1.82) is 0 Å². The number of hydrogen-bond donors (Lipinski definition) is 2. The molecule has 0 bridgehead atoms. The molecule has 1 fully saturated rings.